The van der Waals surface area contributed by atoms with Crippen LogP contribution in [0, 0.1) is 5.92 Å². The van der Waals surface area contributed by atoms with Crippen LogP contribution < -0.4 is 11.1 Å². The zero-order valence-electron chi connectivity index (χ0n) is 23.8. The van der Waals surface area contributed by atoms with E-state index in [1.165, 1.54) is 4.90 Å². The first-order valence-electron chi connectivity index (χ1n) is 14.5. The van der Waals surface area contributed by atoms with E-state index in [1.54, 1.807) is 6.20 Å². The molecule has 216 valence electrons. The third-order valence-corrected chi connectivity index (χ3v) is 8.74. The standard InChI is InChI=1S/C33H40N4O4/c1-3-37(31(39)40)26-15-9-22(10-16-26)17-30(38)36-29-18-27(23-7-5-4-6-8-23)28(19-35-29)24-11-13-25(14-12-24)33(34)20-32(2,41)21-33/h4-8,11-14,18-19,22,26,41H,3,9-10,15-17,20-21,34H2,1-2H3,(H,39,40)(H,35,36,38)/t22?,26?,32-,33-. The molecule has 8 nitrogen and oxygen atoms in total. The SMILES string of the molecule is CCN(C(=O)O)C1CCC(CC(=O)Nc2cc(-c3ccccc3)c(-c3ccc([C@]4(N)C[C@](C)(O)C4)cc3)cn2)CC1. The Labute approximate surface area is 241 Å². The van der Waals surface area contributed by atoms with Crippen LogP contribution in [0.3, 0.4) is 0 Å². The van der Waals surface area contributed by atoms with E-state index in [0.29, 0.717) is 31.6 Å². The average molecular weight is 557 g/mol. The van der Waals surface area contributed by atoms with Gasteiger partial charge < -0.3 is 26.2 Å². The zero-order chi connectivity index (χ0) is 29.2. The van der Waals surface area contributed by atoms with Crippen LogP contribution in [0.2, 0.25) is 0 Å². The van der Waals surface area contributed by atoms with Crippen LogP contribution >= 0.6 is 0 Å². The van der Waals surface area contributed by atoms with Crippen molar-refractivity contribution in [2.75, 3.05) is 11.9 Å². The van der Waals surface area contributed by atoms with Crippen LogP contribution in [0.5, 0.6) is 0 Å². The second kappa shape index (κ2) is 11.6. The fourth-order valence-corrected chi connectivity index (χ4v) is 6.77. The Bertz CT molecular complexity index is 1370. The number of nitrogens with zero attached hydrogens (tertiary/aromatic N) is 2. The van der Waals surface area contributed by atoms with Gasteiger partial charge in [-0.15, -0.1) is 0 Å². The number of pyridine rings is 1. The number of amides is 2. The topological polar surface area (TPSA) is 129 Å². The number of hydrogen-bond donors (Lipinski definition) is 4. The Balaban J connectivity index is 1.29. The second-order valence-electron chi connectivity index (χ2n) is 12.1. The number of aromatic nitrogens is 1. The predicted molar refractivity (Wildman–Crippen MR) is 160 cm³/mol. The van der Waals surface area contributed by atoms with Crippen LogP contribution in [0.15, 0.2) is 66.9 Å². The number of hydrogen-bond acceptors (Lipinski definition) is 5. The lowest BCUT2D eigenvalue weighted by Gasteiger charge is -2.49. The summed E-state index contributed by atoms with van der Waals surface area (Å²) in [5.41, 5.74) is 10.2. The molecule has 0 radical (unpaired) electrons. The van der Waals surface area contributed by atoms with Crippen molar-refractivity contribution >= 4 is 17.8 Å². The second-order valence-corrected chi connectivity index (χ2v) is 12.1. The van der Waals surface area contributed by atoms with Crippen LogP contribution in [0.4, 0.5) is 10.6 Å². The highest BCUT2D eigenvalue weighted by Crippen LogP contribution is 2.46. The van der Waals surface area contributed by atoms with Gasteiger partial charge in [0, 0.05) is 36.3 Å². The number of carbonyl (C=O) groups is 2. The van der Waals surface area contributed by atoms with E-state index in [0.717, 1.165) is 53.5 Å². The summed E-state index contributed by atoms with van der Waals surface area (Å²) in [6.45, 7) is 4.16. The summed E-state index contributed by atoms with van der Waals surface area (Å²) < 4.78 is 0. The molecule has 0 unspecified atom stereocenters. The quantitative estimate of drug-likeness (QED) is 0.269. The van der Waals surface area contributed by atoms with E-state index in [1.807, 2.05) is 74.5 Å². The van der Waals surface area contributed by atoms with Gasteiger partial charge in [0.2, 0.25) is 5.91 Å². The maximum atomic E-state index is 13.0. The number of rotatable bonds is 8. The molecule has 2 aromatic carbocycles. The number of benzene rings is 2. The minimum absolute atomic E-state index is 0.0347. The van der Waals surface area contributed by atoms with Crippen LogP contribution in [0.1, 0.15) is 64.4 Å². The van der Waals surface area contributed by atoms with Gasteiger partial charge in [-0.2, -0.15) is 0 Å². The molecule has 0 bridgehead atoms. The lowest BCUT2D eigenvalue weighted by Crippen LogP contribution is -2.58. The molecule has 8 heteroatoms. The maximum Gasteiger partial charge on any atom is 0.407 e. The van der Waals surface area contributed by atoms with Crippen LogP contribution in [0.25, 0.3) is 22.3 Å². The summed E-state index contributed by atoms with van der Waals surface area (Å²) in [4.78, 5) is 30.6. The number of carboxylic acid groups (broad SMARTS) is 1. The number of aliphatic hydroxyl groups is 1. The summed E-state index contributed by atoms with van der Waals surface area (Å²) in [6.07, 6.45) is 5.63. The van der Waals surface area contributed by atoms with E-state index in [-0.39, 0.29) is 17.9 Å². The number of nitrogens with two attached hydrogens (primary N) is 1. The molecule has 0 saturated heterocycles. The van der Waals surface area contributed by atoms with Gasteiger partial charge >= 0.3 is 6.09 Å². The molecule has 1 heterocycles. The first kappa shape index (κ1) is 28.8. The van der Waals surface area contributed by atoms with Crippen molar-refractivity contribution in [2.45, 2.75) is 76.0 Å². The Morgan fingerprint density at radius 1 is 1.00 bits per heavy atom. The van der Waals surface area contributed by atoms with Crippen molar-refractivity contribution in [2.24, 2.45) is 11.7 Å². The molecule has 5 N–H and O–H groups in total. The maximum absolute atomic E-state index is 13.0. The molecule has 1 aromatic heterocycles. The monoisotopic (exact) mass is 556 g/mol. The molecule has 2 fully saturated rings. The average Bonchev–Trinajstić information content (AvgIpc) is 2.93. The smallest absolute Gasteiger partial charge is 0.407 e. The largest absolute Gasteiger partial charge is 0.465 e. The molecule has 0 spiro atoms. The molecule has 3 aromatic rings. The predicted octanol–water partition coefficient (Wildman–Crippen LogP) is 6.00. The van der Waals surface area contributed by atoms with Crippen molar-refractivity contribution in [3.63, 3.8) is 0 Å². The van der Waals surface area contributed by atoms with Crippen LogP contribution in [-0.4, -0.2) is 50.3 Å². The van der Waals surface area contributed by atoms with Gasteiger partial charge in [-0.25, -0.2) is 9.78 Å². The van der Waals surface area contributed by atoms with Gasteiger partial charge in [0.1, 0.15) is 5.82 Å². The molecule has 0 aliphatic heterocycles. The minimum atomic E-state index is -0.871. The molecular weight excluding hydrogens is 516 g/mol. The van der Waals surface area contributed by atoms with Gasteiger partial charge in [0.25, 0.3) is 0 Å². The Morgan fingerprint density at radius 2 is 1.63 bits per heavy atom. The summed E-state index contributed by atoms with van der Waals surface area (Å²) >= 11 is 0. The number of carbonyl (C=O) groups excluding carboxylic acids is 1. The summed E-state index contributed by atoms with van der Waals surface area (Å²) in [5.74, 6) is 0.658. The fraction of sp³-hybridized carbons (Fsp3) is 0.424. The highest BCUT2D eigenvalue weighted by molar-refractivity contribution is 5.92. The molecule has 41 heavy (non-hydrogen) atoms. The minimum Gasteiger partial charge on any atom is -0.465 e. The van der Waals surface area contributed by atoms with Crippen molar-refractivity contribution < 1.29 is 19.8 Å². The van der Waals surface area contributed by atoms with Crippen molar-refractivity contribution in [1.29, 1.82) is 0 Å². The summed E-state index contributed by atoms with van der Waals surface area (Å²) in [5, 5.41) is 22.6. The van der Waals surface area contributed by atoms with E-state index in [9.17, 15) is 19.8 Å². The summed E-state index contributed by atoms with van der Waals surface area (Å²) in [6, 6.07) is 20.1. The van der Waals surface area contributed by atoms with Gasteiger partial charge in [-0.3, -0.25) is 4.79 Å². The van der Waals surface area contributed by atoms with Gasteiger partial charge in [0.05, 0.1) is 5.60 Å². The van der Waals surface area contributed by atoms with E-state index >= 15 is 0 Å². The Kier molecular flexibility index (Phi) is 8.16. The zero-order valence-corrected chi connectivity index (χ0v) is 23.8. The number of anilines is 1. The molecule has 2 aliphatic carbocycles. The molecular formula is C33H40N4O4. The van der Waals surface area contributed by atoms with Crippen LogP contribution in [-0.2, 0) is 10.3 Å². The Hall–Kier alpha value is -3.75. The lowest BCUT2D eigenvalue weighted by molar-refractivity contribution is -0.117. The molecule has 5 rings (SSSR count). The summed E-state index contributed by atoms with van der Waals surface area (Å²) in [7, 11) is 0. The Morgan fingerprint density at radius 3 is 2.22 bits per heavy atom. The van der Waals surface area contributed by atoms with Gasteiger partial charge in [-0.1, -0.05) is 54.6 Å². The fourth-order valence-electron chi connectivity index (χ4n) is 6.77. The first-order valence-corrected chi connectivity index (χ1v) is 14.5. The van der Waals surface area contributed by atoms with E-state index < -0.39 is 17.2 Å². The third-order valence-electron chi connectivity index (χ3n) is 8.74. The van der Waals surface area contributed by atoms with E-state index in [2.05, 4.69) is 10.3 Å². The highest BCUT2D eigenvalue weighted by Gasteiger charge is 2.49. The van der Waals surface area contributed by atoms with Gasteiger partial charge in [0.15, 0.2) is 0 Å². The molecule has 0 atom stereocenters. The molecule has 2 saturated carbocycles. The van der Waals surface area contributed by atoms with E-state index in [4.69, 9.17) is 5.73 Å². The lowest BCUT2D eigenvalue weighted by atomic mass is 9.63. The normalized spacial score (nSPS) is 25.7. The molecule has 2 amide bonds. The van der Waals surface area contributed by atoms with Gasteiger partial charge in [-0.05, 0) is 86.6 Å². The van der Waals surface area contributed by atoms with Crippen molar-refractivity contribution in [1.82, 2.24) is 9.88 Å². The van der Waals surface area contributed by atoms with Crippen molar-refractivity contribution in [3.05, 3.63) is 72.4 Å². The highest BCUT2D eigenvalue weighted by atomic mass is 16.4. The first-order chi connectivity index (χ1) is 19.6. The number of nitrogens with one attached hydrogen (secondary N) is 1. The molecule has 2 aliphatic rings. The third kappa shape index (κ3) is 6.44. The van der Waals surface area contributed by atoms with Crippen molar-refractivity contribution in [3.8, 4) is 22.3 Å².